The van der Waals surface area contributed by atoms with Crippen LogP contribution in [0.3, 0.4) is 0 Å². The fourth-order valence-corrected chi connectivity index (χ4v) is 4.08. The third-order valence-electron chi connectivity index (χ3n) is 5.68. The molecule has 1 aliphatic rings. The second-order valence-electron chi connectivity index (χ2n) is 7.87. The normalized spacial score (nSPS) is 13.8. The summed E-state index contributed by atoms with van der Waals surface area (Å²) in [6.07, 6.45) is 6.33. The zero-order valence-electron chi connectivity index (χ0n) is 17.3. The zero-order valence-corrected chi connectivity index (χ0v) is 17.3. The number of aromatic nitrogens is 4. The van der Waals surface area contributed by atoms with Crippen molar-refractivity contribution in [1.82, 2.24) is 19.5 Å². The molecule has 1 aliphatic heterocycles. The van der Waals surface area contributed by atoms with Gasteiger partial charge in [0.25, 0.3) is 0 Å². The number of imidazole rings is 1. The van der Waals surface area contributed by atoms with Crippen LogP contribution in [0.15, 0.2) is 67.0 Å². The van der Waals surface area contributed by atoms with E-state index in [9.17, 15) is 0 Å². The van der Waals surface area contributed by atoms with Gasteiger partial charge in [0.05, 0.1) is 17.6 Å². The molecule has 0 saturated carbocycles. The van der Waals surface area contributed by atoms with E-state index in [1.54, 1.807) is 0 Å². The molecule has 5 rings (SSSR count). The van der Waals surface area contributed by atoms with Crippen LogP contribution in [0.4, 0.5) is 11.6 Å². The molecule has 0 atom stereocenters. The van der Waals surface area contributed by atoms with Crippen molar-refractivity contribution < 1.29 is 0 Å². The molecule has 0 amide bonds. The Kier molecular flexibility index (Phi) is 5.05. The lowest BCUT2D eigenvalue weighted by Gasteiger charge is -2.26. The Morgan fingerprint density at radius 2 is 1.60 bits per heavy atom. The largest absolute Gasteiger partial charge is 0.354 e. The van der Waals surface area contributed by atoms with Crippen LogP contribution in [-0.2, 0) is 13.1 Å². The van der Waals surface area contributed by atoms with E-state index >= 15 is 0 Å². The number of hydrogen-bond donors (Lipinski definition) is 0. The van der Waals surface area contributed by atoms with Crippen molar-refractivity contribution in [3.05, 3.63) is 78.4 Å². The van der Waals surface area contributed by atoms with Crippen molar-refractivity contribution in [2.45, 2.75) is 25.9 Å². The van der Waals surface area contributed by atoms with Gasteiger partial charge in [-0.15, -0.1) is 0 Å². The number of anilines is 2. The molecule has 4 aromatic rings. The minimum Gasteiger partial charge on any atom is -0.354 e. The van der Waals surface area contributed by atoms with Crippen molar-refractivity contribution in [3.8, 4) is 0 Å². The van der Waals surface area contributed by atoms with Crippen LogP contribution in [0, 0.1) is 0 Å². The van der Waals surface area contributed by atoms with E-state index in [1.165, 1.54) is 18.4 Å². The average molecular weight is 399 g/mol. The zero-order chi connectivity index (χ0) is 20.3. The standard InChI is InChI=1S/C24H26N6/c1-28(18-22-25-13-16-30(22)17-19-9-3-2-4-10-19)23-24(29-14-7-8-15-29)27-21-12-6-5-11-20(21)26-23/h2-6,9-13,16H,7-8,14-15,17-18H2,1H3. The molecule has 30 heavy (non-hydrogen) atoms. The predicted molar refractivity (Wildman–Crippen MR) is 121 cm³/mol. The Morgan fingerprint density at radius 1 is 0.900 bits per heavy atom. The first kappa shape index (κ1) is 18.6. The molecule has 0 radical (unpaired) electrons. The molecule has 0 unspecified atom stereocenters. The van der Waals surface area contributed by atoms with Crippen LogP contribution in [-0.4, -0.2) is 39.7 Å². The second kappa shape index (κ2) is 8.14. The van der Waals surface area contributed by atoms with Crippen LogP contribution in [0.25, 0.3) is 11.0 Å². The fraction of sp³-hybridized carbons (Fsp3) is 0.292. The van der Waals surface area contributed by atoms with Gasteiger partial charge in [0, 0.05) is 39.1 Å². The number of benzene rings is 2. The number of rotatable bonds is 6. The summed E-state index contributed by atoms with van der Waals surface area (Å²) in [6.45, 7) is 3.56. The molecular formula is C24H26N6. The van der Waals surface area contributed by atoms with Crippen molar-refractivity contribution in [2.75, 3.05) is 29.9 Å². The SMILES string of the molecule is CN(Cc1nccn1Cc1ccccc1)c1nc2ccccc2nc1N1CCCC1. The van der Waals surface area contributed by atoms with Gasteiger partial charge in [-0.2, -0.15) is 0 Å². The summed E-state index contributed by atoms with van der Waals surface area (Å²) in [4.78, 5) is 19.2. The quantitative estimate of drug-likeness (QED) is 0.489. The van der Waals surface area contributed by atoms with Crippen molar-refractivity contribution >= 4 is 22.7 Å². The number of para-hydroxylation sites is 2. The molecule has 3 heterocycles. The first-order valence-electron chi connectivity index (χ1n) is 10.5. The lowest BCUT2D eigenvalue weighted by Crippen LogP contribution is -2.27. The molecule has 0 N–H and O–H groups in total. The molecule has 0 aliphatic carbocycles. The molecule has 6 nitrogen and oxygen atoms in total. The third kappa shape index (κ3) is 3.73. The highest BCUT2D eigenvalue weighted by Gasteiger charge is 2.22. The van der Waals surface area contributed by atoms with Crippen molar-refractivity contribution in [3.63, 3.8) is 0 Å². The number of nitrogens with zero attached hydrogens (tertiary/aromatic N) is 6. The highest BCUT2D eigenvalue weighted by molar-refractivity contribution is 5.80. The van der Waals surface area contributed by atoms with Gasteiger partial charge in [0.15, 0.2) is 11.6 Å². The Bertz CT molecular complexity index is 1130. The molecular weight excluding hydrogens is 372 g/mol. The van der Waals surface area contributed by atoms with Crippen LogP contribution in [0.5, 0.6) is 0 Å². The summed E-state index contributed by atoms with van der Waals surface area (Å²) in [5.41, 5.74) is 3.14. The first-order valence-corrected chi connectivity index (χ1v) is 10.5. The molecule has 2 aromatic carbocycles. The van der Waals surface area contributed by atoms with Gasteiger partial charge in [-0.3, -0.25) is 0 Å². The molecule has 0 bridgehead atoms. The van der Waals surface area contributed by atoms with Crippen molar-refractivity contribution in [2.24, 2.45) is 0 Å². The third-order valence-corrected chi connectivity index (χ3v) is 5.68. The summed E-state index contributed by atoms with van der Waals surface area (Å²) in [7, 11) is 2.08. The Hall–Kier alpha value is -3.41. The Labute approximate surface area is 176 Å². The number of fused-ring (bicyclic) bond motifs is 1. The Balaban J connectivity index is 1.46. The van der Waals surface area contributed by atoms with E-state index in [2.05, 4.69) is 50.7 Å². The molecule has 152 valence electrons. The monoisotopic (exact) mass is 398 g/mol. The van der Waals surface area contributed by atoms with Crippen LogP contribution in [0.1, 0.15) is 24.2 Å². The maximum Gasteiger partial charge on any atom is 0.172 e. The van der Waals surface area contributed by atoms with Gasteiger partial charge in [-0.25, -0.2) is 15.0 Å². The van der Waals surface area contributed by atoms with E-state index in [-0.39, 0.29) is 0 Å². The predicted octanol–water partition coefficient (Wildman–Crippen LogP) is 4.11. The molecule has 1 fully saturated rings. The average Bonchev–Trinajstić information content (AvgIpc) is 3.46. The topological polar surface area (TPSA) is 50.1 Å². The summed E-state index contributed by atoms with van der Waals surface area (Å²) in [5, 5.41) is 0. The molecule has 6 heteroatoms. The smallest absolute Gasteiger partial charge is 0.172 e. The minimum atomic E-state index is 0.674. The van der Waals surface area contributed by atoms with Gasteiger partial charge in [-0.1, -0.05) is 42.5 Å². The summed E-state index contributed by atoms with van der Waals surface area (Å²) in [6, 6.07) is 18.6. The van der Waals surface area contributed by atoms with E-state index in [1.807, 2.05) is 42.7 Å². The highest BCUT2D eigenvalue weighted by atomic mass is 15.3. The van der Waals surface area contributed by atoms with E-state index < -0.39 is 0 Å². The van der Waals surface area contributed by atoms with Crippen LogP contribution in [0.2, 0.25) is 0 Å². The fourth-order valence-electron chi connectivity index (χ4n) is 4.08. The maximum atomic E-state index is 5.00. The molecule has 2 aromatic heterocycles. The molecule has 0 spiro atoms. The number of hydrogen-bond acceptors (Lipinski definition) is 5. The summed E-state index contributed by atoms with van der Waals surface area (Å²) in [5.74, 6) is 2.92. The van der Waals surface area contributed by atoms with Crippen LogP contribution < -0.4 is 9.80 Å². The molecule has 1 saturated heterocycles. The summed E-state index contributed by atoms with van der Waals surface area (Å²) >= 11 is 0. The van der Waals surface area contributed by atoms with E-state index in [4.69, 9.17) is 9.97 Å². The van der Waals surface area contributed by atoms with Crippen LogP contribution >= 0.6 is 0 Å². The van der Waals surface area contributed by atoms with Crippen molar-refractivity contribution in [1.29, 1.82) is 0 Å². The first-order chi connectivity index (χ1) is 14.8. The maximum absolute atomic E-state index is 5.00. The van der Waals surface area contributed by atoms with Gasteiger partial charge >= 0.3 is 0 Å². The van der Waals surface area contributed by atoms with Gasteiger partial charge in [-0.05, 0) is 30.5 Å². The summed E-state index contributed by atoms with van der Waals surface area (Å²) < 4.78 is 2.20. The minimum absolute atomic E-state index is 0.674. The lowest BCUT2D eigenvalue weighted by molar-refractivity contribution is 0.703. The van der Waals surface area contributed by atoms with Gasteiger partial charge in [0.1, 0.15) is 5.82 Å². The van der Waals surface area contributed by atoms with E-state index in [0.717, 1.165) is 48.1 Å². The second-order valence-corrected chi connectivity index (χ2v) is 7.87. The van der Waals surface area contributed by atoms with Gasteiger partial charge < -0.3 is 14.4 Å². The highest BCUT2D eigenvalue weighted by Crippen LogP contribution is 2.30. The lowest BCUT2D eigenvalue weighted by atomic mass is 10.2. The van der Waals surface area contributed by atoms with E-state index in [0.29, 0.717) is 6.54 Å². The van der Waals surface area contributed by atoms with Gasteiger partial charge in [0.2, 0.25) is 0 Å². The Morgan fingerprint density at radius 3 is 2.37 bits per heavy atom.